The van der Waals surface area contributed by atoms with Crippen molar-refractivity contribution < 1.29 is 0 Å². The van der Waals surface area contributed by atoms with Crippen molar-refractivity contribution in [2.45, 2.75) is 39.2 Å². The molecule has 13 heavy (non-hydrogen) atoms. The number of hydrogen-bond donors (Lipinski definition) is 1. The van der Waals surface area contributed by atoms with Gasteiger partial charge in [-0.05, 0) is 32.7 Å². The van der Waals surface area contributed by atoms with Crippen LogP contribution in [0.5, 0.6) is 0 Å². The molecule has 1 heterocycles. The van der Waals surface area contributed by atoms with Gasteiger partial charge in [0.15, 0.2) is 0 Å². The summed E-state index contributed by atoms with van der Waals surface area (Å²) in [6.45, 7) is 7.65. The maximum atomic E-state index is 5.60. The standard InChI is InChI=1S/C11H22N2/c1-3-11(4-7-12)13-8-5-10(2)6-9-13/h5,11H,3-4,6-9,12H2,1-2H3. The van der Waals surface area contributed by atoms with E-state index in [-0.39, 0.29) is 0 Å². The Labute approximate surface area is 81.8 Å². The molecule has 0 aromatic rings. The highest BCUT2D eigenvalue weighted by atomic mass is 15.2. The van der Waals surface area contributed by atoms with Crippen LogP contribution in [0.2, 0.25) is 0 Å². The van der Waals surface area contributed by atoms with Crippen molar-refractivity contribution in [1.82, 2.24) is 4.90 Å². The van der Waals surface area contributed by atoms with Gasteiger partial charge in [0, 0.05) is 19.1 Å². The molecule has 0 aromatic carbocycles. The fourth-order valence-corrected chi connectivity index (χ4v) is 1.96. The highest BCUT2D eigenvalue weighted by Gasteiger charge is 2.17. The summed E-state index contributed by atoms with van der Waals surface area (Å²) in [5, 5.41) is 0. The summed E-state index contributed by atoms with van der Waals surface area (Å²) in [6.07, 6.45) is 5.96. The molecular weight excluding hydrogens is 160 g/mol. The maximum Gasteiger partial charge on any atom is 0.0168 e. The van der Waals surface area contributed by atoms with E-state index in [1.807, 2.05) is 0 Å². The van der Waals surface area contributed by atoms with Crippen molar-refractivity contribution in [1.29, 1.82) is 0 Å². The van der Waals surface area contributed by atoms with Gasteiger partial charge in [-0.2, -0.15) is 0 Å². The lowest BCUT2D eigenvalue weighted by Gasteiger charge is -2.32. The van der Waals surface area contributed by atoms with Gasteiger partial charge in [-0.15, -0.1) is 0 Å². The van der Waals surface area contributed by atoms with Crippen LogP contribution in [0, 0.1) is 0 Å². The number of rotatable bonds is 4. The second kappa shape index (κ2) is 5.40. The smallest absolute Gasteiger partial charge is 0.0168 e. The summed E-state index contributed by atoms with van der Waals surface area (Å²) in [7, 11) is 0. The summed E-state index contributed by atoms with van der Waals surface area (Å²) < 4.78 is 0. The van der Waals surface area contributed by atoms with Crippen LogP contribution in [-0.2, 0) is 0 Å². The molecule has 1 aliphatic rings. The number of nitrogens with two attached hydrogens (primary N) is 1. The van der Waals surface area contributed by atoms with Crippen molar-refractivity contribution in [2.75, 3.05) is 19.6 Å². The summed E-state index contributed by atoms with van der Waals surface area (Å²) in [5.74, 6) is 0. The number of nitrogens with zero attached hydrogens (tertiary/aromatic N) is 1. The molecule has 0 saturated carbocycles. The van der Waals surface area contributed by atoms with Crippen LogP contribution in [0.1, 0.15) is 33.1 Å². The first kappa shape index (κ1) is 10.7. The quantitative estimate of drug-likeness (QED) is 0.671. The van der Waals surface area contributed by atoms with Crippen molar-refractivity contribution >= 4 is 0 Å². The van der Waals surface area contributed by atoms with Crippen molar-refractivity contribution in [3.05, 3.63) is 11.6 Å². The first-order valence-corrected chi connectivity index (χ1v) is 5.37. The summed E-state index contributed by atoms with van der Waals surface area (Å²) >= 11 is 0. The topological polar surface area (TPSA) is 29.3 Å². The van der Waals surface area contributed by atoms with Crippen molar-refractivity contribution in [2.24, 2.45) is 5.73 Å². The Bertz CT molecular complexity index is 175. The molecule has 0 aliphatic carbocycles. The Hall–Kier alpha value is -0.340. The summed E-state index contributed by atoms with van der Waals surface area (Å²) in [4.78, 5) is 2.56. The van der Waals surface area contributed by atoms with Gasteiger partial charge >= 0.3 is 0 Å². The van der Waals surface area contributed by atoms with E-state index in [0.29, 0.717) is 6.04 Å². The summed E-state index contributed by atoms with van der Waals surface area (Å²) in [6, 6.07) is 0.703. The molecule has 0 bridgehead atoms. The minimum absolute atomic E-state index is 0.703. The van der Waals surface area contributed by atoms with Crippen molar-refractivity contribution in [3.63, 3.8) is 0 Å². The van der Waals surface area contributed by atoms with E-state index in [4.69, 9.17) is 5.73 Å². The van der Waals surface area contributed by atoms with Crippen LogP contribution in [0.4, 0.5) is 0 Å². The third-order valence-electron chi connectivity index (χ3n) is 2.96. The third-order valence-corrected chi connectivity index (χ3v) is 2.96. The van der Waals surface area contributed by atoms with Gasteiger partial charge in [-0.25, -0.2) is 0 Å². The van der Waals surface area contributed by atoms with Crippen LogP contribution in [-0.4, -0.2) is 30.6 Å². The average molecular weight is 182 g/mol. The Kier molecular flexibility index (Phi) is 4.46. The van der Waals surface area contributed by atoms with E-state index in [1.54, 1.807) is 5.57 Å². The molecule has 2 nitrogen and oxygen atoms in total. The summed E-state index contributed by atoms with van der Waals surface area (Å²) in [5.41, 5.74) is 7.14. The molecule has 0 fully saturated rings. The highest BCUT2D eigenvalue weighted by Crippen LogP contribution is 2.15. The van der Waals surface area contributed by atoms with E-state index in [0.717, 1.165) is 19.5 Å². The number of hydrogen-bond acceptors (Lipinski definition) is 2. The lowest BCUT2D eigenvalue weighted by Crippen LogP contribution is -2.39. The SMILES string of the molecule is CCC(CCN)N1CC=C(C)CC1. The van der Waals surface area contributed by atoms with E-state index in [2.05, 4.69) is 24.8 Å². The highest BCUT2D eigenvalue weighted by molar-refractivity contribution is 5.04. The molecule has 0 saturated heterocycles. The van der Waals surface area contributed by atoms with E-state index < -0.39 is 0 Å². The lowest BCUT2D eigenvalue weighted by molar-refractivity contribution is 0.197. The minimum atomic E-state index is 0.703. The molecule has 0 radical (unpaired) electrons. The van der Waals surface area contributed by atoms with Gasteiger partial charge in [0.25, 0.3) is 0 Å². The van der Waals surface area contributed by atoms with Crippen LogP contribution in [0.25, 0.3) is 0 Å². The monoisotopic (exact) mass is 182 g/mol. The molecular formula is C11H22N2. The largest absolute Gasteiger partial charge is 0.330 e. The molecule has 1 unspecified atom stereocenters. The van der Waals surface area contributed by atoms with Gasteiger partial charge < -0.3 is 5.73 Å². The normalized spacial score (nSPS) is 21.3. The zero-order chi connectivity index (χ0) is 9.68. The first-order chi connectivity index (χ1) is 6.27. The van der Waals surface area contributed by atoms with Crippen molar-refractivity contribution in [3.8, 4) is 0 Å². The predicted molar refractivity (Wildman–Crippen MR) is 57.7 cm³/mol. The Morgan fingerprint density at radius 2 is 2.38 bits per heavy atom. The first-order valence-electron chi connectivity index (χ1n) is 5.37. The minimum Gasteiger partial charge on any atom is -0.330 e. The zero-order valence-electron chi connectivity index (χ0n) is 8.92. The van der Waals surface area contributed by atoms with E-state index in [1.165, 1.54) is 19.4 Å². The van der Waals surface area contributed by atoms with Crippen LogP contribution >= 0.6 is 0 Å². The van der Waals surface area contributed by atoms with Gasteiger partial charge in [-0.1, -0.05) is 18.6 Å². The molecule has 1 aliphatic heterocycles. The van der Waals surface area contributed by atoms with Gasteiger partial charge in [0.1, 0.15) is 0 Å². The second-order valence-electron chi connectivity index (χ2n) is 3.93. The molecule has 1 atom stereocenters. The molecule has 1 rings (SSSR count). The Balaban J connectivity index is 2.42. The third kappa shape index (κ3) is 3.12. The van der Waals surface area contributed by atoms with E-state index in [9.17, 15) is 0 Å². The second-order valence-corrected chi connectivity index (χ2v) is 3.93. The zero-order valence-corrected chi connectivity index (χ0v) is 8.92. The lowest BCUT2D eigenvalue weighted by atomic mass is 10.0. The molecule has 0 aromatic heterocycles. The van der Waals surface area contributed by atoms with Crippen LogP contribution in [0.3, 0.4) is 0 Å². The average Bonchev–Trinajstić information content (AvgIpc) is 2.16. The Morgan fingerprint density at radius 1 is 1.62 bits per heavy atom. The fourth-order valence-electron chi connectivity index (χ4n) is 1.96. The van der Waals surface area contributed by atoms with E-state index >= 15 is 0 Å². The molecule has 2 N–H and O–H groups in total. The van der Waals surface area contributed by atoms with Gasteiger partial charge in [0.05, 0.1) is 0 Å². The van der Waals surface area contributed by atoms with Crippen LogP contribution < -0.4 is 5.73 Å². The molecule has 76 valence electrons. The maximum absolute atomic E-state index is 5.60. The Morgan fingerprint density at radius 3 is 2.85 bits per heavy atom. The molecule has 2 heteroatoms. The van der Waals surface area contributed by atoms with Gasteiger partial charge in [-0.3, -0.25) is 4.90 Å². The molecule has 0 spiro atoms. The van der Waals surface area contributed by atoms with Crippen LogP contribution in [0.15, 0.2) is 11.6 Å². The fraction of sp³-hybridized carbons (Fsp3) is 0.818. The predicted octanol–water partition coefficient (Wildman–Crippen LogP) is 1.77. The van der Waals surface area contributed by atoms with Gasteiger partial charge in [0.2, 0.25) is 0 Å². The molecule has 0 amide bonds.